The summed E-state index contributed by atoms with van der Waals surface area (Å²) >= 11 is 1.70. The normalized spacial score (nSPS) is 22.6. The van der Waals surface area contributed by atoms with Gasteiger partial charge in [0.25, 0.3) is 0 Å². The van der Waals surface area contributed by atoms with Crippen LogP contribution in [-0.2, 0) is 31.8 Å². The van der Waals surface area contributed by atoms with Gasteiger partial charge < -0.3 is 9.64 Å². The maximum absolute atomic E-state index is 13.9. The number of hydrogen-bond donors (Lipinski definition) is 0. The third-order valence-corrected chi connectivity index (χ3v) is 9.99. The number of nitrogens with zero attached hydrogens (tertiary/aromatic N) is 3. The number of morpholine rings is 1. The molecule has 3 unspecified atom stereocenters. The molecule has 3 aliphatic rings. The van der Waals surface area contributed by atoms with Crippen LogP contribution >= 0.6 is 23.1 Å². The molecule has 2 saturated heterocycles. The minimum atomic E-state index is -4.83. The number of rotatable bonds is 4. The average Bonchev–Trinajstić information content (AvgIpc) is 3.39. The molecule has 1 aromatic heterocycles. The fraction of sp³-hybridized carbons (Fsp3) is 0.333. The summed E-state index contributed by atoms with van der Waals surface area (Å²) in [6.45, 7) is 1.12. The lowest BCUT2D eigenvalue weighted by atomic mass is 9.83. The zero-order valence-corrected chi connectivity index (χ0v) is 22.7. The third kappa shape index (κ3) is 4.77. The first-order valence-corrected chi connectivity index (χ1v) is 14.3. The van der Waals surface area contributed by atoms with Crippen molar-refractivity contribution in [3.8, 4) is 0 Å². The number of amides is 3. The summed E-state index contributed by atoms with van der Waals surface area (Å²) < 4.78 is 62.0. The molecule has 8 nitrogen and oxygen atoms in total. The number of thiazole rings is 1. The molecule has 3 aromatic rings. The molecule has 0 saturated carbocycles. The fourth-order valence-electron chi connectivity index (χ4n) is 5.48. The van der Waals surface area contributed by atoms with Crippen molar-refractivity contribution in [2.24, 2.45) is 5.92 Å². The van der Waals surface area contributed by atoms with E-state index in [1.165, 1.54) is 41.0 Å². The van der Waals surface area contributed by atoms with Crippen LogP contribution in [0.1, 0.15) is 21.9 Å². The van der Waals surface area contributed by atoms with E-state index in [0.717, 1.165) is 35.2 Å². The molecule has 3 aliphatic heterocycles. The van der Waals surface area contributed by atoms with Gasteiger partial charge in [-0.1, -0.05) is 47.4 Å². The second-order valence-electron chi connectivity index (χ2n) is 9.74. The van der Waals surface area contributed by atoms with E-state index in [1.54, 1.807) is 4.90 Å². The van der Waals surface area contributed by atoms with Crippen LogP contribution in [-0.4, -0.2) is 58.7 Å². The van der Waals surface area contributed by atoms with Gasteiger partial charge in [-0.2, -0.15) is 13.2 Å². The van der Waals surface area contributed by atoms with Crippen molar-refractivity contribution in [1.29, 1.82) is 0 Å². The molecule has 0 aliphatic carbocycles. The van der Waals surface area contributed by atoms with E-state index >= 15 is 0 Å². The molecule has 2 aromatic carbocycles. The Morgan fingerprint density at radius 3 is 2.34 bits per heavy atom. The molecule has 4 heterocycles. The number of alkyl halides is 3. The first-order valence-electron chi connectivity index (χ1n) is 12.6. The van der Waals surface area contributed by atoms with Gasteiger partial charge in [0.15, 0.2) is 0 Å². The first kappa shape index (κ1) is 27.7. The van der Waals surface area contributed by atoms with Crippen molar-refractivity contribution in [2.75, 3.05) is 31.2 Å². The summed E-state index contributed by atoms with van der Waals surface area (Å²) in [5.41, 5.74) is -1.29. The molecular weight excluding hydrogens is 586 g/mol. The number of ether oxygens (including phenoxy) is 1. The van der Waals surface area contributed by atoms with Gasteiger partial charge >= 0.3 is 11.0 Å². The number of carbonyl (C=O) groups is 3. The Kier molecular flexibility index (Phi) is 7.02. The van der Waals surface area contributed by atoms with Gasteiger partial charge in [-0.15, -0.1) is 0 Å². The van der Waals surface area contributed by atoms with Crippen LogP contribution in [0.3, 0.4) is 0 Å². The predicted molar refractivity (Wildman–Crippen MR) is 141 cm³/mol. The molecule has 2 fully saturated rings. The van der Waals surface area contributed by atoms with Crippen LogP contribution in [0.4, 0.5) is 23.2 Å². The van der Waals surface area contributed by atoms with Gasteiger partial charge in [0.1, 0.15) is 17.6 Å². The Morgan fingerprint density at radius 1 is 0.976 bits per heavy atom. The minimum Gasteiger partial charge on any atom is -0.378 e. The lowest BCUT2D eigenvalue weighted by Crippen LogP contribution is -2.43. The van der Waals surface area contributed by atoms with E-state index in [-0.39, 0.29) is 12.5 Å². The molecule has 3 atom stereocenters. The third-order valence-electron chi connectivity index (χ3n) is 7.39. The molecule has 6 rings (SSSR count). The highest BCUT2D eigenvalue weighted by atomic mass is 32.2. The number of thioether (sulfide) groups is 1. The van der Waals surface area contributed by atoms with E-state index < -0.39 is 57.0 Å². The largest absolute Gasteiger partial charge is 0.418 e. The summed E-state index contributed by atoms with van der Waals surface area (Å²) in [6, 6.07) is 9.54. The molecule has 14 heteroatoms. The fourth-order valence-corrected chi connectivity index (χ4v) is 8.25. The number of hydrogen-bond acceptors (Lipinski definition) is 7. The van der Waals surface area contributed by atoms with Crippen LogP contribution in [0.15, 0.2) is 58.4 Å². The summed E-state index contributed by atoms with van der Waals surface area (Å²) in [4.78, 5) is 55.9. The van der Waals surface area contributed by atoms with Gasteiger partial charge in [0.2, 0.25) is 17.7 Å². The van der Waals surface area contributed by atoms with E-state index in [2.05, 4.69) is 0 Å². The number of carbonyl (C=O) groups excluding carboxylic acids is 3. The number of anilines is 1. The Labute approximate surface area is 238 Å². The Hall–Kier alpha value is -3.49. The number of fused-ring (bicyclic) bond motifs is 2. The van der Waals surface area contributed by atoms with Crippen molar-refractivity contribution >= 4 is 46.5 Å². The molecular formula is C27H21F4N3O5S2. The van der Waals surface area contributed by atoms with Gasteiger partial charge in [0.05, 0.1) is 35.4 Å². The van der Waals surface area contributed by atoms with Crippen molar-refractivity contribution in [1.82, 2.24) is 9.47 Å². The summed E-state index contributed by atoms with van der Waals surface area (Å²) in [7, 11) is 0. The quantitative estimate of drug-likeness (QED) is 0.332. The van der Waals surface area contributed by atoms with Crippen molar-refractivity contribution in [3.05, 3.63) is 80.0 Å². The Morgan fingerprint density at radius 2 is 1.66 bits per heavy atom. The predicted octanol–water partition coefficient (Wildman–Crippen LogP) is 3.72. The summed E-state index contributed by atoms with van der Waals surface area (Å²) in [5.74, 6) is -4.66. The highest BCUT2D eigenvalue weighted by Crippen LogP contribution is 2.54. The lowest BCUT2D eigenvalue weighted by Gasteiger charge is -2.31. The SMILES string of the molecule is O=C(Cn1c2c(sc1=O)C(c1ccc(F)cc1)C1C(=O)N(c3ccccc3C(F)(F)F)C(=O)C1S2)N1CCOCC1. The van der Waals surface area contributed by atoms with E-state index in [1.807, 2.05) is 0 Å². The zero-order chi connectivity index (χ0) is 29.1. The maximum Gasteiger partial charge on any atom is 0.418 e. The second-order valence-corrected chi connectivity index (χ2v) is 11.9. The topological polar surface area (TPSA) is 88.9 Å². The van der Waals surface area contributed by atoms with Crippen molar-refractivity contribution < 1.29 is 36.7 Å². The van der Waals surface area contributed by atoms with Gasteiger partial charge in [0, 0.05) is 23.9 Å². The van der Waals surface area contributed by atoms with E-state index in [4.69, 9.17) is 4.74 Å². The molecule has 0 spiro atoms. The van der Waals surface area contributed by atoms with Crippen molar-refractivity contribution in [3.63, 3.8) is 0 Å². The number of halogens is 4. The molecule has 0 bridgehead atoms. The van der Waals surface area contributed by atoms with E-state index in [9.17, 15) is 36.7 Å². The molecule has 41 heavy (non-hydrogen) atoms. The molecule has 0 radical (unpaired) electrons. The van der Waals surface area contributed by atoms with Crippen LogP contribution in [0.25, 0.3) is 0 Å². The molecule has 3 amide bonds. The first-order chi connectivity index (χ1) is 19.6. The Bertz CT molecular complexity index is 1600. The second kappa shape index (κ2) is 10.4. The summed E-state index contributed by atoms with van der Waals surface area (Å²) in [6.07, 6.45) is -4.83. The van der Waals surface area contributed by atoms with Gasteiger partial charge in [-0.25, -0.2) is 9.29 Å². The number of aromatic nitrogens is 1. The smallest absolute Gasteiger partial charge is 0.378 e. The maximum atomic E-state index is 13.9. The van der Waals surface area contributed by atoms with Crippen LogP contribution in [0.2, 0.25) is 0 Å². The monoisotopic (exact) mass is 607 g/mol. The average molecular weight is 608 g/mol. The highest BCUT2D eigenvalue weighted by molar-refractivity contribution is 8.00. The van der Waals surface area contributed by atoms with Gasteiger partial charge in [-0.05, 0) is 29.8 Å². The zero-order valence-electron chi connectivity index (χ0n) is 21.1. The lowest BCUT2D eigenvalue weighted by molar-refractivity contribution is -0.137. The standard InChI is InChI=1S/C27H21F4N3O5S2/c28-15-7-5-14(6-8-15)19-20-21(24(37)34(23(20)36)17-4-2-1-3-16(17)27(29,30)31)40-25-22(19)41-26(38)33(25)13-18(35)32-9-11-39-12-10-32/h1-8,19-21H,9-13H2. The molecule has 214 valence electrons. The molecule has 0 N–H and O–H groups in total. The Balaban J connectivity index is 1.45. The van der Waals surface area contributed by atoms with Crippen molar-refractivity contribution in [2.45, 2.75) is 28.9 Å². The van der Waals surface area contributed by atoms with Gasteiger partial charge in [-0.3, -0.25) is 23.7 Å². The van der Waals surface area contributed by atoms with E-state index in [0.29, 0.717) is 46.7 Å². The number of benzene rings is 2. The van der Waals surface area contributed by atoms with Crippen LogP contribution in [0, 0.1) is 11.7 Å². The van der Waals surface area contributed by atoms with Crippen LogP contribution in [0.5, 0.6) is 0 Å². The van der Waals surface area contributed by atoms with Crippen LogP contribution < -0.4 is 9.77 Å². The number of imide groups is 1. The summed E-state index contributed by atoms with van der Waals surface area (Å²) in [5, 5.41) is -0.880. The minimum absolute atomic E-state index is 0.296. The highest BCUT2D eigenvalue weighted by Gasteiger charge is 2.57. The number of para-hydroxylation sites is 1.